The predicted molar refractivity (Wildman–Crippen MR) is 95.0 cm³/mol. The molecule has 0 radical (unpaired) electrons. The van der Waals surface area contributed by atoms with Gasteiger partial charge in [0.05, 0.1) is 12.7 Å². The lowest BCUT2D eigenvalue weighted by molar-refractivity contribution is 0.104. The fraction of sp³-hybridized carbons (Fsp3) is 0.200. The maximum Gasteiger partial charge on any atom is 0.199 e. The average molecular weight is 321 g/mol. The molecule has 0 amide bonds. The monoisotopic (exact) mass is 321 g/mol. The third kappa shape index (κ3) is 2.95. The summed E-state index contributed by atoms with van der Waals surface area (Å²) in [5, 5.41) is 10.3. The second kappa shape index (κ2) is 6.71. The van der Waals surface area contributed by atoms with Crippen LogP contribution in [0.5, 0.6) is 5.75 Å². The lowest BCUT2D eigenvalue weighted by Crippen LogP contribution is -2.08. The van der Waals surface area contributed by atoms with Gasteiger partial charge in [-0.05, 0) is 31.0 Å². The summed E-state index contributed by atoms with van der Waals surface area (Å²) in [7, 11) is 1.64. The highest BCUT2D eigenvalue weighted by atomic mass is 16.5. The van der Waals surface area contributed by atoms with Gasteiger partial charge in [0.1, 0.15) is 11.5 Å². The number of ketones is 1. The molecule has 0 unspecified atom stereocenters. The smallest absolute Gasteiger partial charge is 0.199 e. The summed E-state index contributed by atoms with van der Waals surface area (Å²) >= 11 is 0. The number of ether oxygens (including phenoxy) is 1. The summed E-state index contributed by atoms with van der Waals surface area (Å²) in [5.41, 5.74) is 3.15. The third-order valence-electron chi connectivity index (χ3n) is 4.16. The van der Waals surface area contributed by atoms with E-state index in [1.807, 2.05) is 24.3 Å². The van der Waals surface area contributed by atoms with E-state index in [2.05, 4.69) is 4.99 Å². The average Bonchev–Trinajstić information content (AvgIpc) is 2.87. The Morgan fingerprint density at radius 1 is 1.08 bits per heavy atom. The zero-order valence-corrected chi connectivity index (χ0v) is 13.7. The van der Waals surface area contributed by atoms with Crippen LogP contribution in [0.25, 0.3) is 5.76 Å². The van der Waals surface area contributed by atoms with Gasteiger partial charge in [-0.3, -0.25) is 9.79 Å². The van der Waals surface area contributed by atoms with E-state index in [0.717, 1.165) is 17.7 Å². The number of nitrogens with zero attached hydrogens (tertiary/aromatic N) is 1. The molecule has 1 aliphatic carbocycles. The van der Waals surface area contributed by atoms with Crippen molar-refractivity contribution in [3.63, 3.8) is 0 Å². The molecule has 1 N–H and O–H groups in total. The van der Waals surface area contributed by atoms with Gasteiger partial charge in [0.2, 0.25) is 0 Å². The van der Waals surface area contributed by atoms with E-state index >= 15 is 0 Å². The van der Waals surface area contributed by atoms with Crippen molar-refractivity contribution in [1.82, 2.24) is 0 Å². The lowest BCUT2D eigenvalue weighted by atomic mass is 10.1. The van der Waals surface area contributed by atoms with Crippen LogP contribution in [0.4, 0.5) is 0 Å². The number of carbonyl (C=O) groups excluding carboxylic acids is 1. The van der Waals surface area contributed by atoms with Crippen molar-refractivity contribution in [2.45, 2.75) is 13.3 Å². The highest BCUT2D eigenvalue weighted by Crippen LogP contribution is 2.31. The molecule has 0 saturated heterocycles. The second-order valence-corrected chi connectivity index (χ2v) is 5.66. The van der Waals surface area contributed by atoms with Gasteiger partial charge in [-0.1, -0.05) is 36.4 Å². The lowest BCUT2D eigenvalue weighted by Gasteiger charge is -2.04. The molecule has 4 nitrogen and oxygen atoms in total. The van der Waals surface area contributed by atoms with Crippen molar-refractivity contribution in [3.05, 3.63) is 70.8 Å². The quantitative estimate of drug-likeness (QED) is 0.851. The van der Waals surface area contributed by atoms with Gasteiger partial charge in [0, 0.05) is 23.4 Å². The van der Waals surface area contributed by atoms with Crippen LogP contribution in [0.2, 0.25) is 0 Å². The number of hydrogen-bond acceptors (Lipinski definition) is 4. The highest BCUT2D eigenvalue weighted by Gasteiger charge is 2.30. The Labute approximate surface area is 141 Å². The number of carbonyl (C=O) groups is 1. The maximum absolute atomic E-state index is 12.4. The summed E-state index contributed by atoms with van der Waals surface area (Å²) in [6, 6.07) is 14.9. The largest absolute Gasteiger partial charge is 0.506 e. The summed E-state index contributed by atoms with van der Waals surface area (Å²) in [6.07, 6.45) is 0.760. The first-order valence-corrected chi connectivity index (χ1v) is 7.83. The number of allylic oxidation sites excluding steroid dienone is 1. The Balaban J connectivity index is 1.72. The SMILES string of the molecule is COc1ccc(CCN=C(C)C2=C(O)c3ccccc3C2=O)cc1. The van der Waals surface area contributed by atoms with E-state index < -0.39 is 0 Å². The molecular weight excluding hydrogens is 302 g/mol. The number of methoxy groups -OCH3 is 1. The van der Waals surface area contributed by atoms with E-state index in [1.54, 1.807) is 38.3 Å². The van der Waals surface area contributed by atoms with E-state index in [1.165, 1.54) is 0 Å². The first kappa shape index (κ1) is 16.0. The van der Waals surface area contributed by atoms with E-state index in [9.17, 15) is 9.90 Å². The van der Waals surface area contributed by atoms with Crippen molar-refractivity contribution in [2.24, 2.45) is 4.99 Å². The Hall–Kier alpha value is -2.88. The van der Waals surface area contributed by atoms with E-state index in [4.69, 9.17) is 4.74 Å². The number of hydrogen-bond donors (Lipinski definition) is 1. The van der Waals surface area contributed by atoms with Gasteiger partial charge in [0.25, 0.3) is 0 Å². The first-order chi connectivity index (χ1) is 11.6. The molecule has 0 fully saturated rings. The first-order valence-electron chi connectivity index (χ1n) is 7.83. The molecule has 24 heavy (non-hydrogen) atoms. The number of aliphatic imine (C=N–C) groups is 1. The summed E-state index contributed by atoms with van der Waals surface area (Å²) in [6.45, 7) is 2.32. The van der Waals surface area contributed by atoms with E-state index in [-0.39, 0.29) is 11.5 Å². The van der Waals surface area contributed by atoms with Crippen LogP contribution in [0, 0.1) is 0 Å². The number of aliphatic hydroxyl groups is 1. The van der Waals surface area contributed by atoms with Crippen molar-refractivity contribution in [1.29, 1.82) is 0 Å². The van der Waals surface area contributed by atoms with Gasteiger partial charge in [-0.2, -0.15) is 0 Å². The minimum absolute atomic E-state index is 0.0290. The fourth-order valence-electron chi connectivity index (χ4n) is 2.82. The molecule has 0 atom stereocenters. The molecule has 0 spiro atoms. The van der Waals surface area contributed by atoms with E-state index in [0.29, 0.717) is 29.0 Å². The normalized spacial score (nSPS) is 14.1. The minimum Gasteiger partial charge on any atom is -0.506 e. The highest BCUT2D eigenvalue weighted by molar-refractivity contribution is 6.35. The van der Waals surface area contributed by atoms with Crippen molar-refractivity contribution >= 4 is 17.3 Å². The van der Waals surface area contributed by atoms with Gasteiger partial charge in [-0.15, -0.1) is 0 Å². The Morgan fingerprint density at radius 2 is 1.75 bits per heavy atom. The van der Waals surface area contributed by atoms with Crippen LogP contribution >= 0.6 is 0 Å². The third-order valence-corrected chi connectivity index (χ3v) is 4.16. The van der Waals surface area contributed by atoms with Gasteiger partial charge in [0.15, 0.2) is 5.78 Å². The molecular formula is C20H19NO3. The molecule has 0 aliphatic heterocycles. The van der Waals surface area contributed by atoms with Crippen LogP contribution in [-0.2, 0) is 6.42 Å². The number of benzene rings is 2. The Bertz CT molecular complexity index is 832. The standard InChI is InChI=1S/C20H19NO3/c1-13(21-12-11-14-7-9-15(24-2)10-8-14)18-19(22)16-5-3-4-6-17(16)20(18)23/h3-10,22H,11-12H2,1-2H3. The predicted octanol–water partition coefficient (Wildman–Crippen LogP) is 3.86. The molecule has 2 aromatic rings. The number of fused-ring (bicyclic) bond motifs is 1. The summed E-state index contributed by atoms with van der Waals surface area (Å²) < 4.78 is 5.13. The molecule has 0 saturated carbocycles. The van der Waals surface area contributed by atoms with Gasteiger partial charge in [-0.25, -0.2) is 0 Å². The summed E-state index contributed by atoms with van der Waals surface area (Å²) in [4.78, 5) is 16.9. The van der Waals surface area contributed by atoms with Crippen molar-refractivity contribution in [2.75, 3.05) is 13.7 Å². The minimum atomic E-state index is -0.159. The molecule has 3 rings (SSSR count). The number of aliphatic hydroxyl groups excluding tert-OH is 1. The van der Waals surface area contributed by atoms with Crippen LogP contribution < -0.4 is 4.74 Å². The second-order valence-electron chi connectivity index (χ2n) is 5.66. The molecule has 0 aromatic heterocycles. The zero-order chi connectivity index (χ0) is 17.1. The molecule has 4 heteroatoms. The molecule has 122 valence electrons. The number of rotatable bonds is 5. The molecule has 2 aromatic carbocycles. The van der Waals surface area contributed by atoms with Crippen LogP contribution in [-0.4, -0.2) is 30.3 Å². The summed E-state index contributed by atoms with van der Waals surface area (Å²) in [5.74, 6) is 0.693. The zero-order valence-electron chi connectivity index (χ0n) is 13.7. The maximum atomic E-state index is 12.4. The van der Waals surface area contributed by atoms with Crippen molar-refractivity contribution in [3.8, 4) is 5.75 Å². The fourth-order valence-corrected chi connectivity index (χ4v) is 2.82. The van der Waals surface area contributed by atoms with Gasteiger partial charge >= 0.3 is 0 Å². The number of Topliss-reactive ketones (excluding diaryl/α,β-unsaturated/α-hetero) is 1. The van der Waals surface area contributed by atoms with Crippen LogP contribution in [0.15, 0.2) is 59.1 Å². The van der Waals surface area contributed by atoms with Crippen molar-refractivity contribution < 1.29 is 14.6 Å². The topological polar surface area (TPSA) is 58.9 Å². The molecule has 1 aliphatic rings. The molecule has 0 heterocycles. The Kier molecular flexibility index (Phi) is 4.47. The Morgan fingerprint density at radius 3 is 2.38 bits per heavy atom. The van der Waals surface area contributed by atoms with Crippen LogP contribution in [0.3, 0.4) is 0 Å². The molecule has 0 bridgehead atoms. The van der Waals surface area contributed by atoms with Crippen LogP contribution in [0.1, 0.15) is 28.4 Å². The van der Waals surface area contributed by atoms with Gasteiger partial charge < -0.3 is 9.84 Å².